The Morgan fingerprint density at radius 2 is 2.17 bits per heavy atom. The van der Waals surface area contributed by atoms with Crippen LogP contribution in [0.4, 0.5) is 0 Å². The maximum atomic E-state index is 10.4. The van der Waals surface area contributed by atoms with Crippen molar-refractivity contribution in [2.45, 2.75) is 6.04 Å². The van der Waals surface area contributed by atoms with Gasteiger partial charge in [-0.25, -0.2) is 0 Å². The third-order valence-corrected chi connectivity index (χ3v) is 1.43. The van der Waals surface area contributed by atoms with Gasteiger partial charge in [0, 0.05) is 5.03 Å². The van der Waals surface area contributed by atoms with Gasteiger partial charge in [0.2, 0.25) is 0 Å². The largest absolute Gasteiger partial charge is 0.480 e. The van der Waals surface area contributed by atoms with Crippen LogP contribution in [0.5, 0.6) is 0 Å². The van der Waals surface area contributed by atoms with Crippen molar-refractivity contribution < 1.29 is 9.90 Å². The Bertz CT molecular complexity index is 245. The van der Waals surface area contributed by atoms with Crippen LogP contribution in [-0.2, 0) is 4.79 Å². The predicted octanol–water partition coefficient (Wildman–Crippen LogP) is 1.26. The highest BCUT2D eigenvalue weighted by molar-refractivity contribution is 6.32. The number of carboxylic acids is 1. The van der Waals surface area contributed by atoms with E-state index in [0.29, 0.717) is 0 Å². The summed E-state index contributed by atoms with van der Waals surface area (Å²) >= 11 is 5.51. The van der Waals surface area contributed by atoms with Crippen LogP contribution in [0.2, 0.25) is 0 Å². The van der Waals surface area contributed by atoms with E-state index in [1.165, 1.54) is 12.2 Å². The molecule has 0 spiro atoms. The van der Waals surface area contributed by atoms with Crippen LogP contribution in [0.3, 0.4) is 0 Å². The highest BCUT2D eigenvalue weighted by Crippen LogP contribution is 2.15. The van der Waals surface area contributed by atoms with Gasteiger partial charge in [-0.1, -0.05) is 36.9 Å². The summed E-state index contributed by atoms with van der Waals surface area (Å²) in [4.78, 5) is 10.4. The molecule has 0 bridgehead atoms. The van der Waals surface area contributed by atoms with Crippen LogP contribution in [-0.4, -0.2) is 17.1 Å². The molecule has 4 heteroatoms. The van der Waals surface area contributed by atoms with E-state index in [2.05, 4.69) is 13.2 Å². The minimum atomic E-state index is -1.15. The lowest BCUT2D eigenvalue weighted by atomic mass is 10.1. The lowest BCUT2D eigenvalue weighted by Crippen LogP contribution is -2.32. The van der Waals surface area contributed by atoms with Gasteiger partial charge in [0.15, 0.2) is 0 Å². The topological polar surface area (TPSA) is 63.3 Å². The molecular weight excluding hydrogens is 178 g/mol. The second kappa shape index (κ2) is 4.74. The molecule has 12 heavy (non-hydrogen) atoms. The highest BCUT2D eigenvalue weighted by Gasteiger charge is 2.17. The average Bonchev–Trinajstić information content (AvgIpc) is 1.98. The number of carbonyl (C=O) groups is 1. The minimum absolute atomic E-state index is 0.116. The van der Waals surface area contributed by atoms with Gasteiger partial charge in [-0.15, -0.1) is 0 Å². The number of hydrogen-bond acceptors (Lipinski definition) is 2. The second-order valence-corrected chi connectivity index (χ2v) is 2.53. The molecule has 0 aromatic rings. The Balaban J connectivity index is 4.75. The molecule has 0 aromatic heterocycles. The molecule has 0 aliphatic heterocycles. The molecule has 0 aliphatic rings. The van der Waals surface area contributed by atoms with Crippen LogP contribution in [0.25, 0.3) is 0 Å². The average molecular weight is 188 g/mol. The summed E-state index contributed by atoms with van der Waals surface area (Å²) in [6, 6.07) is -1.15. The molecule has 0 saturated carbocycles. The summed E-state index contributed by atoms with van der Waals surface area (Å²) < 4.78 is 0. The SMILES string of the molecule is C=C/C=C(\C(=C)Cl)[C@H](N)C(=O)O. The number of hydrogen-bond donors (Lipinski definition) is 2. The van der Waals surface area contributed by atoms with E-state index >= 15 is 0 Å². The summed E-state index contributed by atoms with van der Waals surface area (Å²) in [6.07, 6.45) is 2.83. The monoisotopic (exact) mass is 187 g/mol. The van der Waals surface area contributed by atoms with Gasteiger partial charge in [-0.05, 0) is 5.57 Å². The van der Waals surface area contributed by atoms with Crippen molar-refractivity contribution in [3.63, 3.8) is 0 Å². The van der Waals surface area contributed by atoms with Crippen molar-refractivity contribution in [1.29, 1.82) is 0 Å². The molecule has 1 atom stereocenters. The number of rotatable bonds is 4. The fourth-order valence-electron chi connectivity index (χ4n) is 0.623. The van der Waals surface area contributed by atoms with Crippen molar-refractivity contribution in [1.82, 2.24) is 0 Å². The van der Waals surface area contributed by atoms with Crippen molar-refractivity contribution in [2.24, 2.45) is 5.73 Å². The maximum absolute atomic E-state index is 10.4. The molecule has 0 heterocycles. The molecule has 0 aliphatic carbocycles. The van der Waals surface area contributed by atoms with E-state index in [1.54, 1.807) is 0 Å². The Labute approximate surface area is 75.8 Å². The van der Waals surface area contributed by atoms with E-state index in [0.717, 1.165) is 0 Å². The zero-order valence-corrected chi connectivity index (χ0v) is 7.21. The first-order chi connectivity index (χ1) is 5.50. The van der Waals surface area contributed by atoms with Crippen molar-refractivity contribution >= 4 is 17.6 Å². The van der Waals surface area contributed by atoms with Crippen molar-refractivity contribution in [2.75, 3.05) is 0 Å². The smallest absolute Gasteiger partial charge is 0.325 e. The maximum Gasteiger partial charge on any atom is 0.325 e. The van der Waals surface area contributed by atoms with Gasteiger partial charge in [0.05, 0.1) is 0 Å². The third-order valence-electron chi connectivity index (χ3n) is 1.21. The first-order valence-corrected chi connectivity index (χ1v) is 3.54. The van der Waals surface area contributed by atoms with Gasteiger partial charge in [-0.2, -0.15) is 0 Å². The first kappa shape index (κ1) is 10.9. The van der Waals surface area contributed by atoms with Crippen LogP contribution < -0.4 is 5.73 Å². The van der Waals surface area contributed by atoms with Gasteiger partial charge < -0.3 is 10.8 Å². The van der Waals surface area contributed by atoms with E-state index in [1.807, 2.05) is 0 Å². The molecule has 0 aromatic carbocycles. The number of carboxylic acid groups (broad SMARTS) is 1. The summed E-state index contributed by atoms with van der Waals surface area (Å²) in [6.45, 7) is 6.78. The summed E-state index contributed by atoms with van der Waals surface area (Å²) in [7, 11) is 0. The van der Waals surface area contributed by atoms with Gasteiger partial charge in [-0.3, -0.25) is 4.79 Å². The predicted molar refractivity (Wildman–Crippen MR) is 48.9 cm³/mol. The molecule has 0 unspecified atom stereocenters. The molecule has 0 rings (SSSR count). The van der Waals surface area contributed by atoms with Crippen LogP contribution >= 0.6 is 11.6 Å². The molecule has 0 fully saturated rings. The van der Waals surface area contributed by atoms with E-state index in [-0.39, 0.29) is 10.6 Å². The molecular formula is C8H10ClNO2. The van der Waals surface area contributed by atoms with Crippen LogP contribution in [0.1, 0.15) is 0 Å². The Morgan fingerprint density at radius 1 is 1.67 bits per heavy atom. The summed E-state index contributed by atoms with van der Waals surface area (Å²) in [5.41, 5.74) is 5.55. The van der Waals surface area contributed by atoms with Gasteiger partial charge in [0.25, 0.3) is 0 Å². The first-order valence-electron chi connectivity index (χ1n) is 3.16. The summed E-state index contributed by atoms with van der Waals surface area (Å²) in [5, 5.41) is 8.64. The fourth-order valence-corrected chi connectivity index (χ4v) is 0.803. The standard InChI is InChI=1S/C8H10ClNO2/c1-3-4-6(5(2)9)7(10)8(11)12/h3-4,7H,1-2,10H2,(H,11,12)/b6-4+/t7-/m0/s1. The van der Waals surface area contributed by atoms with Crippen LogP contribution in [0.15, 0.2) is 35.9 Å². The van der Waals surface area contributed by atoms with Crippen LogP contribution in [0, 0.1) is 0 Å². The number of nitrogens with two attached hydrogens (primary N) is 1. The molecule has 3 N–H and O–H groups in total. The molecule has 0 saturated heterocycles. The molecule has 3 nitrogen and oxygen atoms in total. The number of aliphatic carboxylic acids is 1. The molecule has 0 amide bonds. The molecule has 66 valence electrons. The lowest BCUT2D eigenvalue weighted by Gasteiger charge is -2.08. The quantitative estimate of drug-likeness (QED) is 0.652. The fraction of sp³-hybridized carbons (Fsp3) is 0.125. The lowest BCUT2D eigenvalue weighted by molar-refractivity contribution is -0.137. The Hall–Kier alpha value is -1.06. The van der Waals surface area contributed by atoms with E-state index in [9.17, 15) is 4.79 Å². The Morgan fingerprint density at radius 3 is 2.42 bits per heavy atom. The normalized spacial score (nSPS) is 13.7. The Kier molecular flexibility index (Phi) is 4.33. The number of allylic oxidation sites excluding steroid dienone is 2. The van der Waals surface area contributed by atoms with Crippen molar-refractivity contribution in [3.05, 3.63) is 35.9 Å². The zero-order chi connectivity index (χ0) is 9.72. The highest BCUT2D eigenvalue weighted by atomic mass is 35.5. The van der Waals surface area contributed by atoms with Gasteiger partial charge >= 0.3 is 5.97 Å². The van der Waals surface area contributed by atoms with E-state index in [4.69, 9.17) is 22.4 Å². The second-order valence-electron chi connectivity index (χ2n) is 2.08. The molecule has 0 radical (unpaired) electrons. The minimum Gasteiger partial charge on any atom is -0.480 e. The van der Waals surface area contributed by atoms with E-state index < -0.39 is 12.0 Å². The number of halogens is 1. The zero-order valence-electron chi connectivity index (χ0n) is 6.46. The third kappa shape index (κ3) is 2.90. The van der Waals surface area contributed by atoms with Crippen molar-refractivity contribution in [3.8, 4) is 0 Å². The summed E-state index contributed by atoms with van der Waals surface area (Å²) in [5.74, 6) is -1.15. The van der Waals surface area contributed by atoms with Gasteiger partial charge in [0.1, 0.15) is 6.04 Å².